The van der Waals surface area contributed by atoms with E-state index in [4.69, 9.17) is 17.3 Å². The number of halogens is 1. The van der Waals surface area contributed by atoms with Crippen LogP contribution in [0.2, 0.25) is 5.02 Å². The van der Waals surface area contributed by atoms with Gasteiger partial charge in [-0.1, -0.05) is 67.9 Å². The third-order valence-corrected chi connectivity index (χ3v) is 5.57. The molecule has 3 atom stereocenters. The molecule has 3 N–H and O–H groups in total. The van der Waals surface area contributed by atoms with Crippen molar-refractivity contribution in [3.8, 4) is 0 Å². The maximum atomic E-state index is 13.2. The van der Waals surface area contributed by atoms with Crippen LogP contribution in [0.3, 0.4) is 0 Å². The summed E-state index contributed by atoms with van der Waals surface area (Å²) in [5.74, 6) is -0.423. The van der Waals surface area contributed by atoms with Gasteiger partial charge in [0.25, 0.3) is 5.91 Å². The molecule has 1 unspecified atom stereocenters. The van der Waals surface area contributed by atoms with Crippen molar-refractivity contribution in [2.45, 2.75) is 31.8 Å². The van der Waals surface area contributed by atoms with Gasteiger partial charge < -0.3 is 16.0 Å². The molecule has 6 heteroatoms. The van der Waals surface area contributed by atoms with Gasteiger partial charge in [-0.05, 0) is 23.6 Å². The van der Waals surface area contributed by atoms with Crippen molar-refractivity contribution in [1.29, 1.82) is 0 Å². The summed E-state index contributed by atoms with van der Waals surface area (Å²) in [6.45, 7) is 4.86. The molecule has 148 valence electrons. The van der Waals surface area contributed by atoms with Gasteiger partial charge in [0.05, 0.1) is 10.6 Å². The summed E-state index contributed by atoms with van der Waals surface area (Å²) in [5.41, 5.74) is 7.82. The molecule has 1 saturated heterocycles. The zero-order valence-corrected chi connectivity index (χ0v) is 16.9. The van der Waals surface area contributed by atoms with Crippen LogP contribution < -0.4 is 11.1 Å². The Morgan fingerprint density at radius 3 is 2.36 bits per heavy atom. The number of hydrogen-bond donors (Lipinski definition) is 2. The monoisotopic (exact) mass is 399 g/mol. The summed E-state index contributed by atoms with van der Waals surface area (Å²) in [6.07, 6.45) is 0. The number of amides is 2. The van der Waals surface area contributed by atoms with Gasteiger partial charge in [0.2, 0.25) is 5.91 Å². The van der Waals surface area contributed by atoms with E-state index in [9.17, 15) is 9.59 Å². The van der Waals surface area contributed by atoms with Gasteiger partial charge in [0.1, 0.15) is 6.04 Å². The molecule has 1 heterocycles. The lowest BCUT2D eigenvalue weighted by Crippen LogP contribution is -2.51. The first-order valence-electron chi connectivity index (χ1n) is 9.53. The molecule has 3 rings (SSSR count). The van der Waals surface area contributed by atoms with E-state index in [0.29, 0.717) is 23.7 Å². The first kappa shape index (κ1) is 20.4. The smallest absolute Gasteiger partial charge is 0.253 e. The first-order chi connectivity index (χ1) is 13.4. The van der Waals surface area contributed by atoms with Crippen LogP contribution in [0, 0.1) is 5.92 Å². The second-order valence-electron chi connectivity index (χ2n) is 7.60. The molecule has 28 heavy (non-hydrogen) atoms. The summed E-state index contributed by atoms with van der Waals surface area (Å²) >= 11 is 6.12. The number of nitrogens with zero attached hydrogens (tertiary/aromatic N) is 1. The number of carbonyl (C=O) groups is 2. The van der Waals surface area contributed by atoms with E-state index in [-0.39, 0.29) is 29.7 Å². The Labute approximate surface area is 170 Å². The van der Waals surface area contributed by atoms with E-state index in [1.807, 2.05) is 44.2 Å². The van der Waals surface area contributed by atoms with Crippen LogP contribution in [-0.2, 0) is 4.79 Å². The van der Waals surface area contributed by atoms with Gasteiger partial charge >= 0.3 is 0 Å². The van der Waals surface area contributed by atoms with Crippen LogP contribution in [0.4, 0.5) is 0 Å². The van der Waals surface area contributed by atoms with E-state index >= 15 is 0 Å². The predicted molar refractivity (Wildman–Crippen MR) is 111 cm³/mol. The summed E-state index contributed by atoms with van der Waals surface area (Å²) in [4.78, 5) is 27.6. The fourth-order valence-electron chi connectivity index (χ4n) is 3.64. The highest BCUT2D eigenvalue weighted by molar-refractivity contribution is 6.33. The fraction of sp³-hybridized carbons (Fsp3) is 0.364. The minimum absolute atomic E-state index is 0.0639. The maximum absolute atomic E-state index is 13.2. The van der Waals surface area contributed by atoms with Crippen molar-refractivity contribution in [1.82, 2.24) is 10.2 Å². The highest BCUT2D eigenvalue weighted by Gasteiger charge is 2.37. The Morgan fingerprint density at radius 2 is 1.71 bits per heavy atom. The number of nitrogens with one attached hydrogen (secondary N) is 1. The number of rotatable bonds is 5. The molecule has 0 spiro atoms. The van der Waals surface area contributed by atoms with Crippen LogP contribution in [0.15, 0.2) is 54.6 Å². The van der Waals surface area contributed by atoms with Crippen molar-refractivity contribution < 1.29 is 9.59 Å². The van der Waals surface area contributed by atoms with Crippen LogP contribution in [0.5, 0.6) is 0 Å². The van der Waals surface area contributed by atoms with Gasteiger partial charge in [0, 0.05) is 25.0 Å². The lowest BCUT2D eigenvalue weighted by atomic mass is 9.95. The lowest BCUT2D eigenvalue weighted by Gasteiger charge is -2.27. The van der Waals surface area contributed by atoms with E-state index in [2.05, 4.69) is 5.32 Å². The van der Waals surface area contributed by atoms with Crippen LogP contribution in [-0.4, -0.2) is 41.9 Å². The fourth-order valence-corrected chi connectivity index (χ4v) is 3.86. The summed E-state index contributed by atoms with van der Waals surface area (Å²) < 4.78 is 0. The maximum Gasteiger partial charge on any atom is 0.253 e. The lowest BCUT2D eigenvalue weighted by molar-refractivity contribution is -0.133. The average Bonchev–Trinajstić information content (AvgIpc) is 3.08. The van der Waals surface area contributed by atoms with E-state index in [0.717, 1.165) is 5.56 Å². The standard InChI is InChI=1S/C22H26ClN3O2/c1-14(2)20(25-21(27)16-10-6-7-11-18(16)23)22(28)26-12-17(19(24)13-26)15-8-4-3-5-9-15/h3-11,14,17,19-20H,12-13,24H2,1-2H3,(H,25,27)/t17-,19+,20?/m0/s1. The number of hydrogen-bond acceptors (Lipinski definition) is 3. The number of likely N-dealkylation sites (tertiary alicyclic amines) is 1. The summed E-state index contributed by atoms with van der Waals surface area (Å²) in [5, 5.41) is 3.23. The van der Waals surface area contributed by atoms with Crippen molar-refractivity contribution in [2.24, 2.45) is 11.7 Å². The highest BCUT2D eigenvalue weighted by atomic mass is 35.5. The topological polar surface area (TPSA) is 75.4 Å². The minimum Gasteiger partial charge on any atom is -0.340 e. The predicted octanol–water partition coefficient (Wildman–Crippen LogP) is 3.05. The molecule has 2 aromatic carbocycles. The molecule has 0 bridgehead atoms. The van der Waals surface area contributed by atoms with Crippen LogP contribution in [0.1, 0.15) is 35.7 Å². The quantitative estimate of drug-likeness (QED) is 0.811. The molecular formula is C22H26ClN3O2. The average molecular weight is 400 g/mol. The molecule has 5 nitrogen and oxygen atoms in total. The highest BCUT2D eigenvalue weighted by Crippen LogP contribution is 2.27. The third kappa shape index (κ3) is 4.37. The van der Waals surface area contributed by atoms with Crippen molar-refractivity contribution in [2.75, 3.05) is 13.1 Å². The Kier molecular flexibility index (Phi) is 6.37. The van der Waals surface area contributed by atoms with Gasteiger partial charge in [-0.25, -0.2) is 0 Å². The Morgan fingerprint density at radius 1 is 1.07 bits per heavy atom. The molecule has 0 radical (unpaired) electrons. The van der Waals surface area contributed by atoms with E-state index < -0.39 is 6.04 Å². The van der Waals surface area contributed by atoms with Gasteiger partial charge in [0.15, 0.2) is 0 Å². The first-order valence-corrected chi connectivity index (χ1v) is 9.91. The number of nitrogens with two attached hydrogens (primary N) is 1. The second-order valence-corrected chi connectivity index (χ2v) is 8.01. The summed E-state index contributed by atoms with van der Waals surface area (Å²) in [7, 11) is 0. The van der Waals surface area contributed by atoms with E-state index in [1.165, 1.54) is 0 Å². The van der Waals surface area contributed by atoms with Crippen LogP contribution in [0.25, 0.3) is 0 Å². The minimum atomic E-state index is -0.634. The Hall–Kier alpha value is -2.37. The van der Waals surface area contributed by atoms with Crippen molar-refractivity contribution >= 4 is 23.4 Å². The zero-order valence-electron chi connectivity index (χ0n) is 16.1. The molecule has 0 saturated carbocycles. The SMILES string of the molecule is CC(C)C(NC(=O)c1ccccc1Cl)C(=O)N1C[C@@H](N)[C@H](c2ccccc2)C1. The summed E-state index contributed by atoms with van der Waals surface area (Å²) in [6, 6.07) is 16.1. The molecular weight excluding hydrogens is 374 g/mol. The second kappa shape index (κ2) is 8.76. The van der Waals surface area contributed by atoms with Gasteiger partial charge in [-0.15, -0.1) is 0 Å². The Bertz CT molecular complexity index is 841. The number of benzene rings is 2. The molecule has 2 aromatic rings. The Balaban J connectivity index is 1.73. The normalized spacial score (nSPS) is 20.2. The number of carbonyl (C=O) groups excluding carboxylic acids is 2. The molecule has 0 aliphatic carbocycles. The van der Waals surface area contributed by atoms with E-state index in [1.54, 1.807) is 29.2 Å². The molecule has 1 aliphatic rings. The largest absolute Gasteiger partial charge is 0.340 e. The van der Waals surface area contributed by atoms with Crippen molar-refractivity contribution in [3.63, 3.8) is 0 Å². The van der Waals surface area contributed by atoms with Crippen LogP contribution >= 0.6 is 11.6 Å². The molecule has 1 aliphatic heterocycles. The molecule has 2 amide bonds. The van der Waals surface area contributed by atoms with Crippen molar-refractivity contribution in [3.05, 3.63) is 70.7 Å². The van der Waals surface area contributed by atoms with Gasteiger partial charge in [-0.3, -0.25) is 9.59 Å². The molecule has 0 aromatic heterocycles. The zero-order chi connectivity index (χ0) is 20.3. The third-order valence-electron chi connectivity index (χ3n) is 5.24. The van der Waals surface area contributed by atoms with Gasteiger partial charge in [-0.2, -0.15) is 0 Å². The molecule has 1 fully saturated rings.